The van der Waals surface area contributed by atoms with Crippen LogP contribution in [0.3, 0.4) is 0 Å². The highest BCUT2D eigenvalue weighted by molar-refractivity contribution is 7.89. The molecule has 1 aromatic rings. The largest absolute Gasteiger partial charge is 0.341 e. The van der Waals surface area contributed by atoms with Crippen molar-refractivity contribution >= 4 is 15.9 Å². The molecule has 0 bridgehead atoms. The van der Waals surface area contributed by atoms with Crippen LogP contribution in [0.1, 0.15) is 44.5 Å². The minimum absolute atomic E-state index is 0.138. The highest BCUT2D eigenvalue weighted by Crippen LogP contribution is 2.27. The minimum atomic E-state index is -3.53. The van der Waals surface area contributed by atoms with Crippen LogP contribution in [0.15, 0.2) is 29.2 Å². The number of nitrogens with two attached hydrogens (primary N) is 1. The van der Waals surface area contributed by atoms with Crippen molar-refractivity contribution in [3.63, 3.8) is 0 Å². The first kappa shape index (κ1) is 21.9. The van der Waals surface area contributed by atoms with Crippen molar-refractivity contribution in [1.29, 1.82) is 0 Å². The Labute approximate surface area is 163 Å². The van der Waals surface area contributed by atoms with Crippen LogP contribution in [0.2, 0.25) is 0 Å². The van der Waals surface area contributed by atoms with Crippen LogP contribution < -0.4 is 5.73 Å². The number of hydrogen-bond donors (Lipinski definition) is 1. The third-order valence-electron chi connectivity index (χ3n) is 5.14. The first-order chi connectivity index (χ1) is 12.5. The van der Waals surface area contributed by atoms with Crippen LogP contribution in [-0.4, -0.2) is 56.8 Å². The Bertz CT molecular complexity index is 749. The van der Waals surface area contributed by atoms with E-state index in [1.807, 2.05) is 13.8 Å². The Kier molecular flexibility index (Phi) is 6.71. The van der Waals surface area contributed by atoms with Gasteiger partial charge in [-0.15, -0.1) is 0 Å². The average Bonchev–Trinajstić information content (AvgIpc) is 2.60. The molecule has 27 heavy (non-hydrogen) atoms. The number of nitrogens with zero attached hydrogens (tertiary/aromatic N) is 2. The van der Waals surface area contributed by atoms with E-state index >= 15 is 0 Å². The molecule has 2 N–H and O–H groups in total. The highest BCUT2D eigenvalue weighted by Gasteiger charge is 2.31. The molecule has 2 atom stereocenters. The molecule has 152 valence electrons. The fraction of sp³-hybridized carbons (Fsp3) is 0.650. The lowest BCUT2D eigenvalue weighted by molar-refractivity contribution is 0.0740. The maximum Gasteiger partial charge on any atom is 0.253 e. The first-order valence-corrected chi connectivity index (χ1v) is 11.0. The van der Waals surface area contributed by atoms with Crippen LogP contribution in [0.25, 0.3) is 0 Å². The van der Waals surface area contributed by atoms with E-state index in [1.165, 1.54) is 12.1 Å². The number of benzene rings is 1. The molecule has 0 spiro atoms. The smallest absolute Gasteiger partial charge is 0.253 e. The SMILES string of the molecule is CC1CC(C)CN(S(=O)(=O)c2ccc(C(=O)N(C)CC(C)(C)CN)cc2)C1. The van der Waals surface area contributed by atoms with Gasteiger partial charge in [-0.3, -0.25) is 4.79 Å². The summed E-state index contributed by atoms with van der Waals surface area (Å²) in [5.74, 6) is 0.563. The number of carbonyl (C=O) groups is 1. The number of rotatable bonds is 6. The van der Waals surface area contributed by atoms with Gasteiger partial charge in [0.2, 0.25) is 10.0 Å². The van der Waals surface area contributed by atoms with Crippen LogP contribution in [0.5, 0.6) is 0 Å². The molecular formula is C20H33N3O3S. The Morgan fingerprint density at radius 3 is 2.19 bits per heavy atom. The van der Waals surface area contributed by atoms with E-state index in [0.717, 1.165) is 6.42 Å². The highest BCUT2D eigenvalue weighted by atomic mass is 32.2. The second kappa shape index (κ2) is 8.29. The Morgan fingerprint density at radius 1 is 1.19 bits per heavy atom. The number of piperidine rings is 1. The molecule has 1 fully saturated rings. The van der Waals surface area contributed by atoms with Gasteiger partial charge in [-0.05, 0) is 54.5 Å². The van der Waals surface area contributed by atoms with E-state index in [1.54, 1.807) is 28.4 Å². The van der Waals surface area contributed by atoms with Gasteiger partial charge in [0.25, 0.3) is 5.91 Å². The van der Waals surface area contributed by atoms with Gasteiger partial charge >= 0.3 is 0 Å². The fourth-order valence-electron chi connectivity index (χ4n) is 3.72. The number of sulfonamides is 1. The standard InChI is InChI=1S/C20H33N3O3S/c1-15-10-16(2)12-23(11-15)27(25,26)18-8-6-17(7-9-18)19(24)22(5)14-20(3,4)13-21/h6-9,15-16H,10-14,21H2,1-5H3. The molecule has 2 unspecified atom stereocenters. The number of hydrogen-bond acceptors (Lipinski definition) is 4. The van der Waals surface area contributed by atoms with E-state index in [-0.39, 0.29) is 16.2 Å². The summed E-state index contributed by atoms with van der Waals surface area (Å²) in [6.07, 6.45) is 1.05. The summed E-state index contributed by atoms with van der Waals surface area (Å²) in [6, 6.07) is 6.26. The third-order valence-corrected chi connectivity index (χ3v) is 6.98. The molecule has 0 aromatic heterocycles. The van der Waals surface area contributed by atoms with Gasteiger partial charge < -0.3 is 10.6 Å². The summed E-state index contributed by atoms with van der Waals surface area (Å²) >= 11 is 0. The normalized spacial score (nSPS) is 21.9. The molecule has 1 heterocycles. The van der Waals surface area contributed by atoms with Crippen LogP contribution in [-0.2, 0) is 10.0 Å². The van der Waals surface area contributed by atoms with Gasteiger partial charge in [0.05, 0.1) is 4.90 Å². The topological polar surface area (TPSA) is 83.7 Å². The van der Waals surface area contributed by atoms with Crippen molar-refractivity contribution in [2.75, 3.05) is 33.2 Å². The predicted molar refractivity (Wildman–Crippen MR) is 108 cm³/mol. The quantitative estimate of drug-likeness (QED) is 0.802. The Balaban J connectivity index is 2.15. The number of carbonyl (C=O) groups excluding carboxylic acids is 1. The zero-order chi connectivity index (χ0) is 20.4. The Hall–Kier alpha value is -1.44. The summed E-state index contributed by atoms with van der Waals surface area (Å²) < 4.78 is 27.4. The first-order valence-electron chi connectivity index (χ1n) is 9.52. The Morgan fingerprint density at radius 2 is 1.70 bits per heavy atom. The van der Waals surface area contributed by atoms with E-state index < -0.39 is 10.0 Å². The van der Waals surface area contributed by atoms with Crippen molar-refractivity contribution in [2.24, 2.45) is 23.0 Å². The van der Waals surface area contributed by atoms with E-state index in [9.17, 15) is 13.2 Å². The fourth-order valence-corrected chi connectivity index (χ4v) is 5.40. The van der Waals surface area contributed by atoms with Crippen molar-refractivity contribution in [3.8, 4) is 0 Å². The zero-order valence-corrected chi connectivity index (χ0v) is 17.9. The summed E-state index contributed by atoms with van der Waals surface area (Å²) in [5.41, 5.74) is 6.05. The lowest BCUT2D eigenvalue weighted by atomic mass is 9.93. The maximum absolute atomic E-state index is 12.9. The van der Waals surface area contributed by atoms with E-state index in [0.29, 0.717) is 43.6 Å². The van der Waals surface area contributed by atoms with E-state index in [2.05, 4.69) is 13.8 Å². The molecule has 1 aliphatic rings. The molecule has 7 heteroatoms. The second-order valence-electron chi connectivity index (χ2n) is 8.82. The van der Waals surface area contributed by atoms with Crippen LogP contribution in [0, 0.1) is 17.3 Å². The molecule has 6 nitrogen and oxygen atoms in total. The average molecular weight is 396 g/mol. The van der Waals surface area contributed by atoms with E-state index in [4.69, 9.17) is 5.73 Å². The maximum atomic E-state index is 12.9. The van der Waals surface area contributed by atoms with Crippen molar-refractivity contribution in [3.05, 3.63) is 29.8 Å². The van der Waals surface area contributed by atoms with Crippen molar-refractivity contribution in [2.45, 2.75) is 39.0 Å². The summed E-state index contributed by atoms with van der Waals surface area (Å²) in [4.78, 5) is 14.5. The molecule has 1 aliphatic heterocycles. The molecule has 0 saturated carbocycles. The second-order valence-corrected chi connectivity index (χ2v) is 10.8. The molecule has 1 amide bonds. The van der Waals surface area contributed by atoms with Gasteiger partial charge in [0, 0.05) is 32.2 Å². The van der Waals surface area contributed by atoms with Gasteiger partial charge in [-0.2, -0.15) is 4.31 Å². The van der Waals surface area contributed by atoms with Crippen LogP contribution in [0.4, 0.5) is 0 Å². The zero-order valence-electron chi connectivity index (χ0n) is 17.1. The van der Waals surface area contributed by atoms with Crippen molar-refractivity contribution in [1.82, 2.24) is 9.21 Å². The minimum Gasteiger partial charge on any atom is -0.341 e. The molecular weight excluding hydrogens is 362 g/mol. The monoisotopic (exact) mass is 395 g/mol. The molecule has 1 saturated heterocycles. The molecule has 0 aliphatic carbocycles. The summed E-state index contributed by atoms with van der Waals surface area (Å²) in [6.45, 7) is 10.3. The lowest BCUT2D eigenvalue weighted by Crippen LogP contribution is -2.42. The molecule has 0 radical (unpaired) electrons. The summed E-state index contributed by atoms with van der Waals surface area (Å²) in [7, 11) is -1.79. The predicted octanol–water partition coefficient (Wildman–Crippen LogP) is 2.41. The molecule has 1 aromatic carbocycles. The van der Waals surface area contributed by atoms with Gasteiger partial charge in [-0.1, -0.05) is 27.7 Å². The summed E-state index contributed by atoms with van der Waals surface area (Å²) in [5, 5.41) is 0. The van der Waals surface area contributed by atoms with Gasteiger partial charge in [-0.25, -0.2) is 8.42 Å². The van der Waals surface area contributed by atoms with Gasteiger partial charge in [0.15, 0.2) is 0 Å². The number of amides is 1. The third kappa shape index (κ3) is 5.30. The van der Waals surface area contributed by atoms with Crippen molar-refractivity contribution < 1.29 is 13.2 Å². The lowest BCUT2D eigenvalue weighted by Gasteiger charge is -2.34. The van der Waals surface area contributed by atoms with Gasteiger partial charge in [0.1, 0.15) is 0 Å². The van der Waals surface area contributed by atoms with Crippen LogP contribution >= 0.6 is 0 Å². The molecule has 2 rings (SSSR count).